The van der Waals surface area contributed by atoms with Crippen LogP contribution in [0.5, 0.6) is 0 Å². The van der Waals surface area contributed by atoms with Crippen LogP contribution in [-0.2, 0) is 28.6 Å². The van der Waals surface area contributed by atoms with Crippen molar-refractivity contribution >= 4 is 17.9 Å². The lowest BCUT2D eigenvalue weighted by atomic mass is 10.0. The van der Waals surface area contributed by atoms with E-state index in [9.17, 15) is 14.4 Å². The molecule has 1 atom stereocenters. The molecule has 6 nitrogen and oxygen atoms in total. The van der Waals surface area contributed by atoms with Gasteiger partial charge in [-0.05, 0) is 44.9 Å². The summed E-state index contributed by atoms with van der Waals surface area (Å²) in [4.78, 5) is 38.4. The van der Waals surface area contributed by atoms with Crippen LogP contribution < -0.4 is 0 Å². The third-order valence-corrected chi connectivity index (χ3v) is 16.8. The van der Waals surface area contributed by atoms with E-state index >= 15 is 0 Å². The standard InChI is InChI=1S/C73H140O6/c1-4-7-10-13-16-19-22-25-28-30-32-34-35-36-37-38-40-41-43-45-48-51-54-57-60-63-66-72(75)78-69-70(68-77-71(74)65-62-59-56-53-50-47-27-24-21-18-15-12-9-6-3)79-73(76)67-64-61-58-55-52-49-46-44-42-39-33-31-29-26-23-20-17-14-11-8-5-2/h31,33,70H,4-30,32,34-69H2,1-3H3/b33-31-. The number of carbonyl (C=O) groups excluding carboxylic acids is 3. The Morgan fingerprint density at radius 1 is 0.241 bits per heavy atom. The Balaban J connectivity index is 4.21. The van der Waals surface area contributed by atoms with Gasteiger partial charge < -0.3 is 14.2 Å². The Hall–Kier alpha value is -1.85. The molecule has 79 heavy (non-hydrogen) atoms. The summed E-state index contributed by atoms with van der Waals surface area (Å²) in [5.41, 5.74) is 0. The van der Waals surface area contributed by atoms with Crippen LogP contribution in [0.4, 0.5) is 0 Å². The summed E-state index contributed by atoms with van der Waals surface area (Å²) in [6, 6.07) is 0. The first kappa shape index (κ1) is 77.2. The third kappa shape index (κ3) is 66.8. The van der Waals surface area contributed by atoms with Crippen molar-refractivity contribution in [1.29, 1.82) is 0 Å². The Labute approximate surface area is 494 Å². The molecule has 0 rings (SSSR count). The largest absolute Gasteiger partial charge is 0.462 e. The summed E-state index contributed by atoms with van der Waals surface area (Å²) < 4.78 is 17.0. The first-order valence-corrected chi connectivity index (χ1v) is 36.2. The van der Waals surface area contributed by atoms with Crippen LogP contribution in [0, 0.1) is 0 Å². The van der Waals surface area contributed by atoms with Crippen LogP contribution in [0.2, 0.25) is 0 Å². The highest BCUT2D eigenvalue weighted by molar-refractivity contribution is 5.71. The molecule has 1 unspecified atom stereocenters. The maximum absolute atomic E-state index is 13.0. The molecule has 0 aromatic heterocycles. The van der Waals surface area contributed by atoms with Gasteiger partial charge in [0, 0.05) is 19.3 Å². The van der Waals surface area contributed by atoms with E-state index in [1.807, 2.05) is 0 Å². The van der Waals surface area contributed by atoms with Gasteiger partial charge in [0.25, 0.3) is 0 Å². The summed E-state index contributed by atoms with van der Waals surface area (Å²) in [6.45, 7) is 6.73. The van der Waals surface area contributed by atoms with Gasteiger partial charge in [0.1, 0.15) is 13.2 Å². The van der Waals surface area contributed by atoms with Crippen LogP contribution in [0.25, 0.3) is 0 Å². The first-order valence-electron chi connectivity index (χ1n) is 36.2. The summed E-state index contributed by atoms with van der Waals surface area (Å²) in [5.74, 6) is -0.829. The fourth-order valence-electron chi connectivity index (χ4n) is 11.3. The highest BCUT2D eigenvalue weighted by Crippen LogP contribution is 2.19. The van der Waals surface area contributed by atoms with E-state index in [-0.39, 0.29) is 31.1 Å². The Morgan fingerprint density at radius 3 is 0.633 bits per heavy atom. The second-order valence-corrected chi connectivity index (χ2v) is 24.9. The average molecular weight is 1110 g/mol. The van der Waals surface area contributed by atoms with E-state index in [1.54, 1.807) is 0 Å². The topological polar surface area (TPSA) is 78.9 Å². The van der Waals surface area contributed by atoms with Crippen molar-refractivity contribution in [2.45, 2.75) is 425 Å². The monoisotopic (exact) mass is 1110 g/mol. The molecule has 0 aromatic carbocycles. The zero-order chi connectivity index (χ0) is 57.1. The van der Waals surface area contributed by atoms with E-state index in [0.717, 1.165) is 57.8 Å². The minimum absolute atomic E-state index is 0.0637. The molecular formula is C73H140O6. The number of carbonyl (C=O) groups is 3. The number of hydrogen-bond donors (Lipinski definition) is 0. The number of esters is 3. The lowest BCUT2D eigenvalue weighted by Gasteiger charge is -2.18. The lowest BCUT2D eigenvalue weighted by molar-refractivity contribution is -0.167. The van der Waals surface area contributed by atoms with Crippen molar-refractivity contribution in [3.8, 4) is 0 Å². The molecule has 0 N–H and O–H groups in total. The Bertz CT molecular complexity index is 1230. The molecule has 0 aliphatic rings. The predicted octanol–water partition coefficient (Wildman–Crippen LogP) is 24.8. The first-order chi connectivity index (χ1) is 39.0. The maximum atomic E-state index is 13.0. The third-order valence-electron chi connectivity index (χ3n) is 16.8. The molecule has 0 spiro atoms. The number of hydrogen-bond acceptors (Lipinski definition) is 6. The minimum Gasteiger partial charge on any atom is -0.462 e. The van der Waals surface area contributed by atoms with E-state index < -0.39 is 6.10 Å². The van der Waals surface area contributed by atoms with E-state index in [0.29, 0.717) is 19.3 Å². The van der Waals surface area contributed by atoms with Crippen LogP contribution in [0.1, 0.15) is 419 Å². The van der Waals surface area contributed by atoms with Gasteiger partial charge in [0.15, 0.2) is 6.10 Å². The fourth-order valence-corrected chi connectivity index (χ4v) is 11.3. The molecule has 0 amide bonds. The highest BCUT2D eigenvalue weighted by Gasteiger charge is 2.19. The second-order valence-electron chi connectivity index (χ2n) is 24.9. The molecule has 0 saturated carbocycles. The number of allylic oxidation sites excluding steroid dienone is 2. The Kier molecular flexibility index (Phi) is 67.0. The second kappa shape index (κ2) is 68.6. The number of unbranched alkanes of at least 4 members (excludes halogenated alkanes) is 55. The van der Waals surface area contributed by atoms with Crippen molar-refractivity contribution in [2.24, 2.45) is 0 Å². The van der Waals surface area contributed by atoms with Crippen molar-refractivity contribution in [3.63, 3.8) is 0 Å². The molecule has 6 heteroatoms. The molecular weight excluding hydrogens is 973 g/mol. The number of ether oxygens (including phenoxy) is 3. The molecule has 0 aliphatic carbocycles. The quantitative estimate of drug-likeness (QED) is 0.0261. The summed E-state index contributed by atoms with van der Waals surface area (Å²) in [5, 5.41) is 0. The van der Waals surface area contributed by atoms with E-state index in [4.69, 9.17) is 14.2 Å². The van der Waals surface area contributed by atoms with Crippen molar-refractivity contribution in [1.82, 2.24) is 0 Å². The zero-order valence-electron chi connectivity index (χ0n) is 53.9. The normalized spacial score (nSPS) is 12.0. The van der Waals surface area contributed by atoms with Crippen LogP contribution in [0.3, 0.4) is 0 Å². The van der Waals surface area contributed by atoms with Gasteiger partial charge in [-0.1, -0.05) is 367 Å². The summed E-state index contributed by atoms with van der Waals surface area (Å²) >= 11 is 0. The maximum Gasteiger partial charge on any atom is 0.306 e. The van der Waals surface area contributed by atoms with Gasteiger partial charge in [0.05, 0.1) is 0 Å². The van der Waals surface area contributed by atoms with Gasteiger partial charge in [-0.15, -0.1) is 0 Å². The van der Waals surface area contributed by atoms with E-state index in [1.165, 1.54) is 321 Å². The molecule has 0 aromatic rings. The average Bonchev–Trinajstić information content (AvgIpc) is 3.45. The fraction of sp³-hybridized carbons (Fsp3) is 0.932. The Morgan fingerprint density at radius 2 is 0.418 bits per heavy atom. The molecule has 0 aliphatic heterocycles. The SMILES string of the molecule is CCCCCCCCCC/C=C\CCCCCCCCCCCC(=O)OC(COC(=O)CCCCCCCCCCCCCCCC)COC(=O)CCCCCCCCCCCCCCCCCCCCCCCCCCCC. The van der Waals surface area contributed by atoms with Crippen molar-refractivity contribution in [2.75, 3.05) is 13.2 Å². The van der Waals surface area contributed by atoms with Crippen LogP contribution >= 0.6 is 0 Å². The van der Waals surface area contributed by atoms with Gasteiger partial charge >= 0.3 is 17.9 Å². The summed E-state index contributed by atoms with van der Waals surface area (Å²) in [6.07, 6.45) is 82.5. The van der Waals surface area contributed by atoms with Crippen LogP contribution in [0.15, 0.2) is 12.2 Å². The molecule has 0 fully saturated rings. The molecule has 0 bridgehead atoms. The lowest BCUT2D eigenvalue weighted by Crippen LogP contribution is -2.30. The van der Waals surface area contributed by atoms with Gasteiger partial charge in [0.2, 0.25) is 0 Å². The number of rotatable bonds is 68. The van der Waals surface area contributed by atoms with Crippen LogP contribution in [-0.4, -0.2) is 37.2 Å². The minimum atomic E-state index is -0.768. The molecule has 0 radical (unpaired) electrons. The predicted molar refractivity (Wildman–Crippen MR) is 344 cm³/mol. The molecule has 468 valence electrons. The van der Waals surface area contributed by atoms with Crippen molar-refractivity contribution < 1.29 is 28.6 Å². The van der Waals surface area contributed by atoms with Gasteiger partial charge in [-0.2, -0.15) is 0 Å². The van der Waals surface area contributed by atoms with Gasteiger partial charge in [-0.25, -0.2) is 0 Å². The van der Waals surface area contributed by atoms with Crippen molar-refractivity contribution in [3.05, 3.63) is 12.2 Å². The molecule has 0 saturated heterocycles. The highest BCUT2D eigenvalue weighted by atomic mass is 16.6. The van der Waals surface area contributed by atoms with Gasteiger partial charge in [-0.3, -0.25) is 14.4 Å². The van der Waals surface area contributed by atoms with E-state index in [2.05, 4.69) is 32.9 Å². The molecule has 0 heterocycles. The smallest absolute Gasteiger partial charge is 0.306 e. The summed E-state index contributed by atoms with van der Waals surface area (Å²) in [7, 11) is 0. The zero-order valence-corrected chi connectivity index (χ0v) is 53.9.